The zero-order valence-corrected chi connectivity index (χ0v) is 10.4. The summed E-state index contributed by atoms with van der Waals surface area (Å²) in [5, 5.41) is 11.0. The molecule has 0 fully saturated rings. The first-order valence-corrected chi connectivity index (χ1v) is 5.99. The molecule has 1 aromatic heterocycles. The number of aromatic hydroxyl groups is 1. The molecule has 0 bridgehead atoms. The van der Waals surface area contributed by atoms with E-state index in [0.29, 0.717) is 16.5 Å². The lowest BCUT2D eigenvalue weighted by Gasteiger charge is -2.08. The molecule has 0 saturated carbocycles. The molecule has 0 spiro atoms. The highest BCUT2D eigenvalue weighted by molar-refractivity contribution is 5.92. The van der Waals surface area contributed by atoms with Crippen LogP contribution >= 0.6 is 0 Å². The standard InChI is InChI=1S/C16H12O3/c1-10-6-5-9-12-13(10)15(17)14(16(18)19-12)11-7-3-2-4-8-11/h2-9,17H,1H3. The van der Waals surface area contributed by atoms with Crippen LogP contribution in [0, 0.1) is 6.92 Å². The van der Waals surface area contributed by atoms with Crippen LogP contribution in [0.4, 0.5) is 0 Å². The largest absolute Gasteiger partial charge is 0.506 e. The third-order valence-corrected chi connectivity index (χ3v) is 3.18. The predicted octanol–water partition coefficient (Wildman–Crippen LogP) is 3.47. The molecule has 0 amide bonds. The minimum Gasteiger partial charge on any atom is -0.506 e. The summed E-state index contributed by atoms with van der Waals surface area (Å²) in [4.78, 5) is 12.0. The summed E-state index contributed by atoms with van der Waals surface area (Å²) in [7, 11) is 0. The van der Waals surface area contributed by atoms with Gasteiger partial charge in [-0.1, -0.05) is 42.5 Å². The molecule has 3 rings (SSSR count). The Labute approximate surface area is 109 Å². The number of rotatable bonds is 1. The molecule has 0 aliphatic heterocycles. The van der Waals surface area contributed by atoms with Crippen LogP contribution in [0.1, 0.15) is 5.56 Å². The molecule has 0 radical (unpaired) electrons. The summed E-state index contributed by atoms with van der Waals surface area (Å²) in [5.74, 6) is -0.0180. The molecule has 0 saturated heterocycles. The zero-order chi connectivity index (χ0) is 13.4. The summed E-state index contributed by atoms with van der Waals surface area (Å²) < 4.78 is 5.29. The Morgan fingerprint density at radius 3 is 2.47 bits per heavy atom. The van der Waals surface area contributed by atoms with Gasteiger partial charge in [-0.3, -0.25) is 0 Å². The molecule has 0 unspecified atom stereocenters. The van der Waals surface area contributed by atoms with Crippen LogP contribution in [0.25, 0.3) is 22.1 Å². The van der Waals surface area contributed by atoms with E-state index < -0.39 is 5.63 Å². The minimum atomic E-state index is -0.526. The molecule has 0 aliphatic rings. The molecule has 0 aliphatic carbocycles. The Morgan fingerprint density at radius 2 is 1.74 bits per heavy atom. The van der Waals surface area contributed by atoms with Gasteiger partial charge in [0.05, 0.1) is 5.39 Å². The van der Waals surface area contributed by atoms with Crippen molar-refractivity contribution < 1.29 is 9.52 Å². The van der Waals surface area contributed by atoms with Gasteiger partial charge in [0, 0.05) is 0 Å². The Balaban J connectivity index is 2.45. The number of hydrogen-bond acceptors (Lipinski definition) is 3. The Morgan fingerprint density at radius 1 is 1.00 bits per heavy atom. The Kier molecular flexibility index (Phi) is 2.60. The molecular formula is C16H12O3. The van der Waals surface area contributed by atoms with Crippen LogP contribution in [0.2, 0.25) is 0 Å². The summed E-state index contributed by atoms with van der Waals surface area (Å²) in [6.07, 6.45) is 0. The van der Waals surface area contributed by atoms with E-state index in [1.807, 2.05) is 31.2 Å². The van der Waals surface area contributed by atoms with Crippen molar-refractivity contribution in [3.63, 3.8) is 0 Å². The highest BCUT2D eigenvalue weighted by Crippen LogP contribution is 2.34. The van der Waals surface area contributed by atoms with Crippen molar-refractivity contribution in [3.05, 3.63) is 64.5 Å². The first-order chi connectivity index (χ1) is 9.18. The van der Waals surface area contributed by atoms with Gasteiger partial charge in [0.15, 0.2) is 0 Å². The lowest BCUT2D eigenvalue weighted by molar-refractivity contribution is 0.471. The second kappa shape index (κ2) is 4.28. The molecule has 1 N–H and O–H groups in total. The van der Waals surface area contributed by atoms with Crippen molar-refractivity contribution in [1.29, 1.82) is 0 Å². The van der Waals surface area contributed by atoms with E-state index in [4.69, 9.17) is 4.42 Å². The van der Waals surface area contributed by atoms with E-state index in [2.05, 4.69) is 0 Å². The third kappa shape index (κ3) is 1.80. The van der Waals surface area contributed by atoms with E-state index in [9.17, 15) is 9.90 Å². The maximum absolute atomic E-state index is 12.0. The van der Waals surface area contributed by atoms with Gasteiger partial charge in [-0.15, -0.1) is 0 Å². The lowest BCUT2D eigenvalue weighted by Crippen LogP contribution is -2.03. The van der Waals surface area contributed by atoms with E-state index >= 15 is 0 Å². The van der Waals surface area contributed by atoms with Crippen molar-refractivity contribution in [2.75, 3.05) is 0 Å². The van der Waals surface area contributed by atoms with Crippen molar-refractivity contribution in [2.45, 2.75) is 6.92 Å². The second-order valence-corrected chi connectivity index (χ2v) is 4.43. The van der Waals surface area contributed by atoms with Gasteiger partial charge in [-0.25, -0.2) is 4.79 Å². The van der Waals surface area contributed by atoms with E-state index in [1.165, 1.54) is 0 Å². The molecule has 1 heterocycles. The molecule has 0 atom stereocenters. The number of aryl methyl sites for hydroxylation is 1. The molecular weight excluding hydrogens is 240 g/mol. The van der Waals surface area contributed by atoms with Crippen molar-refractivity contribution in [3.8, 4) is 16.9 Å². The molecule has 2 aromatic carbocycles. The highest BCUT2D eigenvalue weighted by atomic mass is 16.4. The van der Waals surface area contributed by atoms with Crippen LogP contribution in [-0.2, 0) is 0 Å². The first-order valence-electron chi connectivity index (χ1n) is 5.99. The summed E-state index contributed by atoms with van der Waals surface area (Å²) in [6, 6.07) is 14.4. The van der Waals surface area contributed by atoms with Crippen LogP contribution < -0.4 is 5.63 Å². The molecule has 94 valence electrons. The molecule has 3 nitrogen and oxygen atoms in total. The predicted molar refractivity (Wildman–Crippen MR) is 74.3 cm³/mol. The monoisotopic (exact) mass is 252 g/mol. The Bertz CT molecular complexity index is 801. The maximum atomic E-state index is 12.0. The van der Waals surface area contributed by atoms with Crippen LogP contribution in [0.5, 0.6) is 5.75 Å². The maximum Gasteiger partial charge on any atom is 0.347 e. The summed E-state index contributed by atoms with van der Waals surface area (Å²) >= 11 is 0. The number of benzene rings is 2. The van der Waals surface area contributed by atoms with Crippen molar-refractivity contribution in [2.24, 2.45) is 0 Å². The highest BCUT2D eigenvalue weighted by Gasteiger charge is 2.16. The van der Waals surface area contributed by atoms with Crippen molar-refractivity contribution in [1.82, 2.24) is 0 Å². The molecule has 3 heteroatoms. The Hall–Kier alpha value is -2.55. The number of hydrogen-bond donors (Lipinski definition) is 1. The van der Waals surface area contributed by atoms with Crippen LogP contribution in [-0.4, -0.2) is 5.11 Å². The SMILES string of the molecule is Cc1cccc2oc(=O)c(-c3ccccc3)c(O)c12. The molecule has 19 heavy (non-hydrogen) atoms. The topological polar surface area (TPSA) is 50.4 Å². The number of fused-ring (bicyclic) bond motifs is 1. The van der Waals surface area contributed by atoms with Gasteiger partial charge in [-0.2, -0.15) is 0 Å². The van der Waals surface area contributed by atoms with E-state index in [0.717, 1.165) is 5.56 Å². The first kappa shape index (κ1) is 11.5. The summed E-state index contributed by atoms with van der Waals surface area (Å²) in [6.45, 7) is 1.87. The normalized spacial score (nSPS) is 10.8. The average molecular weight is 252 g/mol. The molecule has 3 aromatic rings. The quantitative estimate of drug-likeness (QED) is 0.674. The third-order valence-electron chi connectivity index (χ3n) is 3.18. The fourth-order valence-electron chi connectivity index (χ4n) is 2.26. The van der Waals surface area contributed by atoms with E-state index in [1.54, 1.807) is 24.3 Å². The smallest absolute Gasteiger partial charge is 0.347 e. The van der Waals surface area contributed by atoms with Crippen LogP contribution in [0.3, 0.4) is 0 Å². The van der Waals surface area contributed by atoms with Crippen LogP contribution in [0.15, 0.2) is 57.7 Å². The van der Waals surface area contributed by atoms with Gasteiger partial charge in [0.1, 0.15) is 16.9 Å². The van der Waals surface area contributed by atoms with Gasteiger partial charge in [0.25, 0.3) is 0 Å². The second-order valence-electron chi connectivity index (χ2n) is 4.43. The fourth-order valence-corrected chi connectivity index (χ4v) is 2.26. The van der Waals surface area contributed by atoms with Crippen molar-refractivity contribution >= 4 is 11.0 Å². The minimum absolute atomic E-state index is 0.0180. The van der Waals surface area contributed by atoms with Gasteiger partial charge >= 0.3 is 5.63 Å². The zero-order valence-electron chi connectivity index (χ0n) is 10.4. The fraction of sp³-hybridized carbons (Fsp3) is 0.0625. The van der Waals surface area contributed by atoms with Gasteiger partial charge in [-0.05, 0) is 24.1 Å². The lowest BCUT2D eigenvalue weighted by atomic mass is 10.0. The van der Waals surface area contributed by atoms with E-state index in [-0.39, 0.29) is 11.3 Å². The average Bonchev–Trinajstić information content (AvgIpc) is 2.39. The van der Waals surface area contributed by atoms with Gasteiger partial charge < -0.3 is 9.52 Å². The summed E-state index contributed by atoms with van der Waals surface area (Å²) in [5.41, 5.74) is 1.61. The van der Waals surface area contributed by atoms with Gasteiger partial charge in [0.2, 0.25) is 0 Å².